The SMILES string of the molecule is C.CC.CC1=CCN(C)CCC1. The summed E-state index contributed by atoms with van der Waals surface area (Å²) in [6.45, 7) is 8.62. The fourth-order valence-corrected chi connectivity index (χ4v) is 1.13. The van der Waals surface area contributed by atoms with Crippen LogP contribution in [0, 0.1) is 0 Å². The van der Waals surface area contributed by atoms with Crippen LogP contribution in [0.4, 0.5) is 0 Å². The molecule has 0 saturated heterocycles. The molecule has 0 aromatic rings. The minimum absolute atomic E-state index is 0. The van der Waals surface area contributed by atoms with Crippen molar-refractivity contribution in [3.05, 3.63) is 11.6 Å². The Morgan fingerprint density at radius 2 is 1.92 bits per heavy atom. The van der Waals surface area contributed by atoms with Crippen molar-refractivity contribution in [2.24, 2.45) is 0 Å². The molecule has 1 aliphatic heterocycles. The van der Waals surface area contributed by atoms with Crippen molar-refractivity contribution in [2.75, 3.05) is 20.1 Å². The Labute approximate surface area is 78.5 Å². The van der Waals surface area contributed by atoms with E-state index in [-0.39, 0.29) is 7.43 Å². The third-order valence-corrected chi connectivity index (χ3v) is 1.86. The highest BCUT2D eigenvalue weighted by molar-refractivity contribution is 5.00. The van der Waals surface area contributed by atoms with Crippen LogP contribution in [-0.4, -0.2) is 25.0 Å². The van der Waals surface area contributed by atoms with E-state index in [4.69, 9.17) is 0 Å². The molecule has 1 aliphatic rings. The maximum atomic E-state index is 2.36. The molecule has 0 unspecified atom stereocenters. The molecule has 1 heteroatoms. The van der Waals surface area contributed by atoms with Gasteiger partial charge in [-0.25, -0.2) is 0 Å². The highest BCUT2D eigenvalue weighted by atomic mass is 15.1. The molecule has 74 valence electrons. The lowest BCUT2D eigenvalue weighted by Crippen LogP contribution is -2.17. The zero-order valence-corrected chi connectivity index (χ0v) is 8.35. The second-order valence-corrected chi connectivity index (χ2v) is 2.92. The summed E-state index contributed by atoms with van der Waals surface area (Å²) in [5, 5.41) is 0. The van der Waals surface area contributed by atoms with Crippen LogP contribution in [0.25, 0.3) is 0 Å². The van der Waals surface area contributed by atoms with Gasteiger partial charge in [0.15, 0.2) is 0 Å². The van der Waals surface area contributed by atoms with Crippen LogP contribution in [0.2, 0.25) is 0 Å². The highest BCUT2D eigenvalue weighted by Crippen LogP contribution is 2.08. The molecule has 1 nitrogen and oxygen atoms in total. The van der Waals surface area contributed by atoms with Gasteiger partial charge in [-0.15, -0.1) is 0 Å². The molecule has 0 aromatic heterocycles. The van der Waals surface area contributed by atoms with E-state index in [2.05, 4.69) is 24.9 Å². The van der Waals surface area contributed by atoms with E-state index in [9.17, 15) is 0 Å². The van der Waals surface area contributed by atoms with Gasteiger partial charge in [0.1, 0.15) is 0 Å². The van der Waals surface area contributed by atoms with Gasteiger partial charge in [0.2, 0.25) is 0 Å². The fraction of sp³-hybridized carbons (Fsp3) is 0.818. The van der Waals surface area contributed by atoms with Crippen LogP contribution >= 0.6 is 0 Å². The zero-order valence-electron chi connectivity index (χ0n) is 8.35. The molecule has 12 heavy (non-hydrogen) atoms. The Morgan fingerprint density at radius 1 is 1.33 bits per heavy atom. The predicted molar refractivity (Wildman–Crippen MR) is 58.6 cm³/mol. The number of allylic oxidation sites excluding steroid dienone is 1. The smallest absolute Gasteiger partial charge is 0.0162 e. The van der Waals surface area contributed by atoms with Crippen molar-refractivity contribution in [3.63, 3.8) is 0 Å². The molecule has 0 saturated carbocycles. The first kappa shape index (κ1) is 14.2. The molecule has 0 spiro atoms. The van der Waals surface area contributed by atoms with Crippen molar-refractivity contribution >= 4 is 0 Å². The van der Waals surface area contributed by atoms with E-state index in [1.54, 1.807) is 5.57 Å². The first-order valence-electron chi connectivity index (χ1n) is 4.63. The molecular weight excluding hydrogens is 146 g/mol. The van der Waals surface area contributed by atoms with Gasteiger partial charge in [-0.2, -0.15) is 0 Å². The summed E-state index contributed by atoms with van der Waals surface area (Å²) in [4.78, 5) is 2.36. The minimum Gasteiger partial charge on any atom is -0.303 e. The van der Waals surface area contributed by atoms with E-state index in [1.807, 2.05) is 13.8 Å². The molecule has 1 rings (SSSR count). The summed E-state index contributed by atoms with van der Waals surface area (Å²) >= 11 is 0. The standard InChI is InChI=1S/C8H15N.C2H6.CH4/c1-8-4-3-6-9(2)7-5-8;1-2;/h5H,3-4,6-7H2,1-2H3;1-2H3;1H4. The fourth-order valence-electron chi connectivity index (χ4n) is 1.13. The van der Waals surface area contributed by atoms with E-state index in [1.165, 1.54) is 19.4 Å². The van der Waals surface area contributed by atoms with Crippen LogP contribution in [-0.2, 0) is 0 Å². The topological polar surface area (TPSA) is 3.24 Å². The van der Waals surface area contributed by atoms with Crippen LogP contribution < -0.4 is 0 Å². The van der Waals surface area contributed by atoms with Gasteiger partial charge in [0.25, 0.3) is 0 Å². The molecule has 0 aliphatic carbocycles. The summed E-state index contributed by atoms with van der Waals surface area (Å²) < 4.78 is 0. The molecule has 0 radical (unpaired) electrons. The van der Waals surface area contributed by atoms with Crippen molar-refractivity contribution in [2.45, 2.75) is 41.0 Å². The Morgan fingerprint density at radius 3 is 2.50 bits per heavy atom. The number of nitrogens with zero attached hydrogens (tertiary/aromatic N) is 1. The lowest BCUT2D eigenvalue weighted by Gasteiger charge is -2.09. The Hall–Kier alpha value is -0.300. The quantitative estimate of drug-likeness (QED) is 0.505. The maximum Gasteiger partial charge on any atom is 0.0162 e. The first-order valence-corrected chi connectivity index (χ1v) is 4.63. The van der Waals surface area contributed by atoms with Crippen LogP contribution in [0.3, 0.4) is 0 Å². The minimum atomic E-state index is 0. The van der Waals surface area contributed by atoms with Crippen molar-refractivity contribution < 1.29 is 0 Å². The first-order chi connectivity index (χ1) is 5.29. The van der Waals surface area contributed by atoms with Gasteiger partial charge in [0, 0.05) is 6.54 Å². The molecule has 0 fully saturated rings. The van der Waals surface area contributed by atoms with Gasteiger partial charge in [-0.3, -0.25) is 0 Å². The number of hydrogen-bond donors (Lipinski definition) is 0. The van der Waals surface area contributed by atoms with Crippen LogP contribution in [0.15, 0.2) is 11.6 Å². The van der Waals surface area contributed by atoms with Crippen molar-refractivity contribution in [3.8, 4) is 0 Å². The summed E-state index contributed by atoms with van der Waals surface area (Å²) in [5.74, 6) is 0. The third-order valence-electron chi connectivity index (χ3n) is 1.86. The molecule has 0 aromatic carbocycles. The number of likely N-dealkylation sites (N-methyl/N-ethyl adjacent to an activating group) is 1. The molecule has 0 N–H and O–H groups in total. The van der Waals surface area contributed by atoms with E-state index in [0.29, 0.717) is 0 Å². The molecule has 0 amide bonds. The molecule has 0 atom stereocenters. The van der Waals surface area contributed by atoms with Crippen LogP contribution in [0.1, 0.15) is 41.0 Å². The Kier molecular flexibility index (Phi) is 10.4. The van der Waals surface area contributed by atoms with Crippen LogP contribution in [0.5, 0.6) is 0 Å². The van der Waals surface area contributed by atoms with Gasteiger partial charge in [-0.1, -0.05) is 32.9 Å². The second kappa shape index (κ2) is 8.79. The van der Waals surface area contributed by atoms with Gasteiger partial charge in [-0.05, 0) is 33.4 Å². The molecule has 0 bridgehead atoms. The lowest BCUT2D eigenvalue weighted by molar-refractivity contribution is 0.372. The molecular formula is C11H25N. The summed E-state index contributed by atoms with van der Waals surface area (Å²) in [6, 6.07) is 0. The maximum absolute atomic E-state index is 2.36. The van der Waals surface area contributed by atoms with Gasteiger partial charge < -0.3 is 4.90 Å². The van der Waals surface area contributed by atoms with Gasteiger partial charge in [0.05, 0.1) is 0 Å². The Bertz CT molecular complexity index is 116. The van der Waals surface area contributed by atoms with E-state index >= 15 is 0 Å². The molecule has 1 heterocycles. The predicted octanol–water partition coefficient (Wildman–Crippen LogP) is 3.32. The Balaban J connectivity index is 0. The second-order valence-electron chi connectivity index (χ2n) is 2.92. The van der Waals surface area contributed by atoms with E-state index < -0.39 is 0 Å². The summed E-state index contributed by atoms with van der Waals surface area (Å²) in [7, 11) is 2.18. The largest absolute Gasteiger partial charge is 0.303 e. The average Bonchev–Trinajstić information content (AvgIpc) is 2.20. The number of rotatable bonds is 0. The van der Waals surface area contributed by atoms with Gasteiger partial charge >= 0.3 is 0 Å². The van der Waals surface area contributed by atoms with E-state index in [0.717, 1.165) is 6.54 Å². The lowest BCUT2D eigenvalue weighted by atomic mass is 10.2. The highest BCUT2D eigenvalue weighted by Gasteiger charge is 2.00. The van der Waals surface area contributed by atoms with Crippen molar-refractivity contribution in [1.29, 1.82) is 0 Å². The number of hydrogen-bond acceptors (Lipinski definition) is 1. The summed E-state index contributed by atoms with van der Waals surface area (Å²) in [6.07, 6.45) is 4.95. The average molecular weight is 171 g/mol. The third kappa shape index (κ3) is 6.41. The summed E-state index contributed by atoms with van der Waals surface area (Å²) in [5.41, 5.74) is 1.55. The normalized spacial score (nSPS) is 17.8. The zero-order chi connectivity index (χ0) is 8.69. The monoisotopic (exact) mass is 171 g/mol. The van der Waals surface area contributed by atoms with Crippen molar-refractivity contribution in [1.82, 2.24) is 4.90 Å².